The van der Waals surface area contributed by atoms with Crippen LogP contribution in [0.5, 0.6) is 0 Å². The van der Waals surface area contributed by atoms with Gasteiger partial charge in [0.2, 0.25) is 0 Å². The molecule has 1 nitrogen and oxygen atoms in total. The lowest BCUT2D eigenvalue weighted by Crippen LogP contribution is -2.09. The third-order valence-corrected chi connectivity index (χ3v) is 5.31. The fourth-order valence-corrected chi connectivity index (χ4v) is 4.01. The standard InChI is InChI=1S/C17H20OS/c1-13-8-7-9-14(2)17(13)19(18)12-15(3)16-10-5-4-6-11-16/h4-11,15H,12H2,1-3H3/t15-,19?/m0/s1. The van der Waals surface area contributed by atoms with Crippen LogP contribution in [-0.4, -0.2) is 9.96 Å². The summed E-state index contributed by atoms with van der Waals surface area (Å²) >= 11 is 0. The molecule has 2 heteroatoms. The highest BCUT2D eigenvalue weighted by Crippen LogP contribution is 2.23. The maximum absolute atomic E-state index is 12.6. The van der Waals surface area contributed by atoms with E-state index in [1.54, 1.807) is 0 Å². The minimum absolute atomic E-state index is 0.307. The lowest BCUT2D eigenvalue weighted by Gasteiger charge is -2.14. The predicted molar refractivity (Wildman–Crippen MR) is 82.0 cm³/mol. The van der Waals surface area contributed by atoms with Gasteiger partial charge in [-0.3, -0.25) is 4.21 Å². The van der Waals surface area contributed by atoms with Crippen molar-refractivity contribution in [3.05, 3.63) is 65.2 Å². The highest BCUT2D eigenvalue weighted by molar-refractivity contribution is 7.85. The van der Waals surface area contributed by atoms with Crippen LogP contribution in [0.4, 0.5) is 0 Å². The first-order valence-electron chi connectivity index (χ1n) is 6.59. The molecular formula is C17H20OS. The monoisotopic (exact) mass is 272 g/mol. The van der Waals surface area contributed by atoms with Crippen LogP contribution in [0.3, 0.4) is 0 Å². The summed E-state index contributed by atoms with van der Waals surface area (Å²) in [5, 5.41) is 0. The molecule has 2 aromatic rings. The van der Waals surface area contributed by atoms with Crippen molar-refractivity contribution in [3.8, 4) is 0 Å². The Bertz CT molecular complexity index is 555. The topological polar surface area (TPSA) is 17.1 Å². The van der Waals surface area contributed by atoms with Gasteiger partial charge in [0, 0.05) is 10.6 Å². The van der Waals surface area contributed by atoms with Crippen LogP contribution >= 0.6 is 0 Å². The van der Waals surface area contributed by atoms with E-state index >= 15 is 0 Å². The van der Waals surface area contributed by atoms with Gasteiger partial charge < -0.3 is 0 Å². The first kappa shape index (κ1) is 14.0. The molecule has 0 fully saturated rings. The van der Waals surface area contributed by atoms with Crippen LogP contribution in [-0.2, 0) is 10.8 Å². The molecular weight excluding hydrogens is 252 g/mol. The Kier molecular flexibility index (Phi) is 4.54. The van der Waals surface area contributed by atoms with Gasteiger partial charge in [-0.15, -0.1) is 0 Å². The molecule has 0 radical (unpaired) electrons. The summed E-state index contributed by atoms with van der Waals surface area (Å²) in [6, 6.07) is 16.4. The second-order valence-electron chi connectivity index (χ2n) is 5.04. The summed E-state index contributed by atoms with van der Waals surface area (Å²) < 4.78 is 12.6. The first-order chi connectivity index (χ1) is 9.09. The summed E-state index contributed by atoms with van der Waals surface area (Å²) in [5.74, 6) is 0.983. The average molecular weight is 272 g/mol. The second-order valence-corrected chi connectivity index (χ2v) is 6.48. The molecule has 0 aliphatic rings. The van der Waals surface area contributed by atoms with Crippen molar-refractivity contribution >= 4 is 10.8 Å². The van der Waals surface area contributed by atoms with Gasteiger partial charge in [-0.25, -0.2) is 0 Å². The van der Waals surface area contributed by atoms with Gasteiger partial charge in [-0.2, -0.15) is 0 Å². The van der Waals surface area contributed by atoms with Crippen molar-refractivity contribution in [2.45, 2.75) is 31.6 Å². The normalized spacial score (nSPS) is 14.1. The lowest BCUT2D eigenvalue weighted by atomic mass is 10.0. The zero-order chi connectivity index (χ0) is 13.8. The number of hydrogen-bond donors (Lipinski definition) is 0. The molecule has 0 aromatic heterocycles. The molecule has 0 spiro atoms. The van der Waals surface area contributed by atoms with E-state index in [4.69, 9.17) is 0 Å². The van der Waals surface area contributed by atoms with Crippen LogP contribution in [0.1, 0.15) is 29.5 Å². The molecule has 0 saturated carbocycles. The van der Waals surface area contributed by atoms with Gasteiger partial charge in [0.15, 0.2) is 0 Å². The lowest BCUT2D eigenvalue weighted by molar-refractivity contribution is 0.676. The minimum Gasteiger partial charge on any atom is -0.254 e. The van der Waals surface area contributed by atoms with E-state index in [-0.39, 0.29) is 0 Å². The van der Waals surface area contributed by atoms with Gasteiger partial charge in [-0.05, 0) is 36.5 Å². The molecule has 2 aromatic carbocycles. The highest BCUT2D eigenvalue weighted by atomic mass is 32.2. The predicted octanol–water partition coefficient (Wildman–Crippen LogP) is 4.21. The Morgan fingerprint density at radius 1 is 0.947 bits per heavy atom. The molecule has 100 valence electrons. The fraction of sp³-hybridized carbons (Fsp3) is 0.294. The van der Waals surface area contributed by atoms with Crippen LogP contribution in [0.25, 0.3) is 0 Å². The molecule has 19 heavy (non-hydrogen) atoms. The molecule has 0 amide bonds. The Labute approximate surface area is 118 Å². The Balaban J connectivity index is 2.18. The summed E-state index contributed by atoms with van der Waals surface area (Å²) in [6.07, 6.45) is 0. The Morgan fingerprint density at radius 3 is 2.11 bits per heavy atom. The van der Waals surface area contributed by atoms with Crippen LogP contribution in [0.15, 0.2) is 53.4 Å². The quantitative estimate of drug-likeness (QED) is 0.814. The zero-order valence-electron chi connectivity index (χ0n) is 11.7. The summed E-state index contributed by atoms with van der Waals surface area (Å²) in [4.78, 5) is 1.00. The molecule has 0 heterocycles. The molecule has 0 N–H and O–H groups in total. The van der Waals surface area contributed by atoms with Crippen molar-refractivity contribution in [2.24, 2.45) is 0 Å². The third-order valence-electron chi connectivity index (χ3n) is 3.41. The molecule has 2 rings (SSSR count). The Hall–Kier alpha value is -1.41. The van der Waals surface area contributed by atoms with Gasteiger partial charge in [-0.1, -0.05) is 55.5 Å². The number of aryl methyl sites for hydroxylation is 2. The van der Waals surface area contributed by atoms with E-state index in [2.05, 4.69) is 19.1 Å². The smallest absolute Gasteiger partial charge is 0.0540 e. The van der Waals surface area contributed by atoms with E-state index in [0.717, 1.165) is 16.0 Å². The minimum atomic E-state index is -0.937. The van der Waals surface area contributed by atoms with Gasteiger partial charge >= 0.3 is 0 Å². The van der Waals surface area contributed by atoms with Crippen LogP contribution in [0, 0.1) is 13.8 Å². The van der Waals surface area contributed by atoms with Crippen LogP contribution < -0.4 is 0 Å². The van der Waals surface area contributed by atoms with Gasteiger partial charge in [0.05, 0.1) is 10.8 Å². The van der Waals surface area contributed by atoms with Crippen LogP contribution in [0.2, 0.25) is 0 Å². The van der Waals surface area contributed by atoms with Crippen molar-refractivity contribution in [3.63, 3.8) is 0 Å². The number of rotatable bonds is 4. The Morgan fingerprint density at radius 2 is 1.53 bits per heavy atom. The molecule has 2 atom stereocenters. The summed E-state index contributed by atoms with van der Waals surface area (Å²) in [7, 11) is -0.937. The number of hydrogen-bond acceptors (Lipinski definition) is 1. The maximum Gasteiger partial charge on any atom is 0.0540 e. The molecule has 0 bridgehead atoms. The SMILES string of the molecule is Cc1cccc(C)c1S(=O)C[C@H](C)c1ccccc1. The van der Waals surface area contributed by atoms with Crippen molar-refractivity contribution in [1.82, 2.24) is 0 Å². The largest absolute Gasteiger partial charge is 0.254 e. The molecule has 0 saturated heterocycles. The summed E-state index contributed by atoms with van der Waals surface area (Å²) in [5.41, 5.74) is 3.50. The van der Waals surface area contributed by atoms with Gasteiger partial charge in [0.25, 0.3) is 0 Å². The van der Waals surface area contributed by atoms with Crippen molar-refractivity contribution in [1.29, 1.82) is 0 Å². The fourth-order valence-electron chi connectivity index (χ4n) is 2.35. The van der Waals surface area contributed by atoms with E-state index in [1.807, 2.05) is 50.2 Å². The molecule has 0 aliphatic carbocycles. The molecule has 1 unspecified atom stereocenters. The maximum atomic E-state index is 12.6. The van der Waals surface area contributed by atoms with Crippen molar-refractivity contribution in [2.75, 3.05) is 5.75 Å². The third kappa shape index (κ3) is 3.32. The van der Waals surface area contributed by atoms with E-state index < -0.39 is 10.8 Å². The van der Waals surface area contributed by atoms with E-state index in [9.17, 15) is 4.21 Å². The van der Waals surface area contributed by atoms with Gasteiger partial charge in [0.1, 0.15) is 0 Å². The second kappa shape index (κ2) is 6.16. The zero-order valence-corrected chi connectivity index (χ0v) is 12.5. The summed E-state index contributed by atoms with van der Waals surface area (Å²) in [6.45, 7) is 6.21. The first-order valence-corrected chi connectivity index (χ1v) is 7.91. The molecule has 0 aliphatic heterocycles. The number of benzene rings is 2. The highest BCUT2D eigenvalue weighted by Gasteiger charge is 2.14. The average Bonchev–Trinajstić information content (AvgIpc) is 2.39. The van der Waals surface area contributed by atoms with Crippen molar-refractivity contribution < 1.29 is 4.21 Å². The van der Waals surface area contributed by atoms with E-state index in [1.165, 1.54) is 5.56 Å². The van der Waals surface area contributed by atoms with E-state index in [0.29, 0.717) is 11.7 Å².